The van der Waals surface area contributed by atoms with Crippen molar-refractivity contribution in [2.45, 2.75) is 117 Å². The monoisotopic (exact) mass is 370 g/mol. The Morgan fingerprint density at radius 1 is 0.577 bits per heavy atom. The van der Waals surface area contributed by atoms with Gasteiger partial charge >= 0.3 is 5.97 Å². The molecule has 3 heteroatoms. The van der Waals surface area contributed by atoms with Gasteiger partial charge in [-0.1, -0.05) is 70.6 Å². The molecule has 0 saturated carbocycles. The van der Waals surface area contributed by atoms with Gasteiger partial charge in [-0.2, -0.15) is 0 Å². The molecule has 0 aliphatic heterocycles. The van der Waals surface area contributed by atoms with E-state index >= 15 is 0 Å². The highest BCUT2D eigenvalue weighted by Crippen LogP contribution is 2.14. The van der Waals surface area contributed by atoms with E-state index < -0.39 is 5.97 Å². The van der Waals surface area contributed by atoms with Crippen molar-refractivity contribution in [3.05, 3.63) is 0 Å². The quantitative estimate of drug-likeness (QED) is 0.189. The van der Waals surface area contributed by atoms with Crippen LogP contribution in [0.2, 0.25) is 0 Å². The number of carboxylic acids is 1. The molecule has 0 aromatic heterocycles. The topological polar surface area (TPSA) is 37.3 Å². The maximum Gasteiger partial charge on any atom is 0.303 e. The summed E-state index contributed by atoms with van der Waals surface area (Å²) in [4.78, 5) is 10.4. The summed E-state index contributed by atoms with van der Waals surface area (Å²) in [6.45, 7) is 12.3. The van der Waals surface area contributed by atoms with Crippen molar-refractivity contribution in [3.8, 4) is 0 Å². The molecule has 0 unspecified atom stereocenters. The molecular weight excluding hydrogens is 322 g/mol. The minimum Gasteiger partial charge on any atom is -0.481 e. The van der Waals surface area contributed by atoms with Gasteiger partial charge in [0.1, 0.15) is 0 Å². The Morgan fingerprint density at radius 2 is 0.885 bits per heavy atom. The summed E-state index contributed by atoms with van der Waals surface area (Å²) in [6, 6.07) is 0. The fraction of sp³-hybridized carbons (Fsp3) is 0.957. The lowest BCUT2D eigenvalue weighted by Crippen LogP contribution is -2.48. The molecule has 1 N–H and O–H groups in total. The van der Waals surface area contributed by atoms with Gasteiger partial charge in [0.05, 0.1) is 26.2 Å². The number of rotatable bonds is 20. The van der Waals surface area contributed by atoms with Crippen molar-refractivity contribution in [1.82, 2.24) is 0 Å². The Bertz CT molecular complexity index is 305. The zero-order valence-electron chi connectivity index (χ0n) is 18.2. The van der Waals surface area contributed by atoms with E-state index in [9.17, 15) is 4.79 Å². The molecule has 0 bridgehead atoms. The zero-order valence-corrected chi connectivity index (χ0v) is 18.2. The maximum atomic E-state index is 10.4. The van der Waals surface area contributed by atoms with Crippen LogP contribution in [0.15, 0.2) is 0 Å². The molecule has 0 aliphatic rings. The van der Waals surface area contributed by atoms with Gasteiger partial charge in [-0.05, 0) is 40.0 Å². The minimum absolute atomic E-state index is 0.343. The van der Waals surface area contributed by atoms with Crippen LogP contribution in [0.5, 0.6) is 0 Å². The van der Waals surface area contributed by atoms with E-state index in [1.54, 1.807) is 0 Å². The molecule has 0 heterocycles. The molecule has 0 fully saturated rings. The number of unbranched alkanes of at least 4 members (excludes halogenated alkanes) is 13. The second-order valence-electron chi connectivity index (χ2n) is 8.11. The average Bonchev–Trinajstić information content (AvgIpc) is 2.65. The minimum atomic E-state index is -0.653. The second-order valence-corrected chi connectivity index (χ2v) is 8.11. The van der Waals surface area contributed by atoms with Crippen molar-refractivity contribution in [2.75, 3.05) is 26.2 Å². The molecule has 0 rings (SSSR count). The molecule has 0 saturated heterocycles. The molecule has 0 amide bonds. The van der Waals surface area contributed by atoms with E-state index in [-0.39, 0.29) is 0 Å². The Labute approximate surface area is 164 Å². The van der Waals surface area contributed by atoms with Crippen LogP contribution in [0, 0.1) is 0 Å². The van der Waals surface area contributed by atoms with Gasteiger partial charge in [0.2, 0.25) is 0 Å². The van der Waals surface area contributed by atoms with Gasteiger partial charge in [-0.25, -0.2) is 0 Å². The largest absolute Gasteiger partial charge is 0.481 e. The summed E-state index contributed by atoms with van der Waals surface area (Å²) in [5, 5.41) is 8.58. The van der Waals surface area contributed by atoms with Crippen molar-refractivity contribution in [2.24, 2.45) is 0 Å². The van der Waals surface area contributed by atoms with E-state index in [0.29, 0.717) is 6.42 Å². The van der Waals surface area contributed by atoms with Crippen LogP contribution in [0.1, 0.15) is 117 Å². The van der Waals surface area contributed by atoms with Crippen LogP contribution in [0.3, 0.4) is 0 Å². The van der Waals surface area contributed by atoms with Crippen molar-refractivity contribution >= 4 is 5.97 Å². The third-order valence-corrected chi connectivity index (χ3v) is 6.29. The predicted octanol–water partition coefficient (Wildman–Crippen LogP) is 6.80. The molecule has 0 spiro atoms. The Hall–Kier alpha value is -0.570. The molecule has 0 aromatic rings. The van der Waals surface area contributed by atoms with E-state index in [0.717, 1.165) is 12.8 Å². The number of hydrogen-bond donors (Lipinski definition) is 1. The SMILES string of the molecule is CC[N+](CC)(CC)CCCCCCCCCCCCCCCCC(=O)O. The first-order valence-corrected chi connectivity index (χ1v) is 11.7. The predicted molar refractivity (Wildman–Crippen MR) is 114 cm³/mol. The molecule has 26 heavy (non-hydrogen) atoms. The van der Waals surface area contributed by atoms with Crippen LogP contribution in [0.4, 0.5) is 0 Å². The van der Waals surface area contributed by atoms with Crippen LogP contribution >= 0.6 is 0 Å². The number of aliphatic carboxylic acids is 1. The van der Waals surface area contributed by atoms with Gasteiger partial charge < -0.3 is 9.59 Å². The number of hydrogen-bond acceptors (Lipinski definition) is 1. The maximum absolute atomic E-state index is 10.4. The molecule has 0 radical (unpaired) electrons. The molecular formula is C23H48NO2+. The first-order chi connectivity index (χ1) is 12.6. The van der Waals surface area contributed by atoms with E-state index in [2.05, 4.69) is 20.8 Å². The number of carboxylic acid groups (broad SMARTS) is 1. The summed E-state index contributed by atoms with van der Waals surface area (Å²) in [6.07, 6.45) is 18.8. The van der Waals surface area contributed by atoms with Gasteiger partial charge in [0.25, 0.3) is 0 Å². The number of quaternary nitrogens is 1. The molecule has 0 aliphatic carbocycles. The average molecular weight is 371 g/mol. The van der Waals surface area contributed by atoms with Crippen LogP contribution in [0.25, 0.3) is 0 Å². The molecule has 3 nitrogen and oxygen atoms in total. The van der Waals surface area contributed by atoms with Gasteiger partial charge in [0.15, 0.2) is 0 Å². The second kappa shape index (κ2) is 17.8. The molecule has 0 atom stereocenters. The zero-order chi connectivity index (χ0) is 19.5. The third-order valence-electron chi connectivity index (χ3n) is 6.29. The highest BCUT2D eigenvalue weighted by Gasteiger charge is 2.19. The van der Waals surface area contributed by atoms with Gasteiger partial charge in [-0.15, -0.1) is 0 Å². The Morgan fingerprint density at radius 3 is 1.19 bits per heavy atom. The first-order valence-electron chi connectivity index (χ1n) is 11.7. The molecule has 156 valence electrons. The summed E-state index contributed by atoms with van der Waals surface area (Å²) in [5.74, 6) is -0.653. The third kappa shape index (κ3) is 14.6. The van der Waals surface area contributed by atoms with Crippen LogP contribution < -0.4 is 0 Å². The standard InChI is InChI=1S/C23H47NO2/c1-4-24(5-2,6-3)22-20-18-16-14-12-10-8-7-9-11-13-15-17-19-21-23(25)26/h4-22H2,1-3H3/p+1. The van der Waals surface area contributed by atoms with Crippen molar-refractivity contribution < 1.29 is 14.4 Å². The lowest BCUT2D eigenvalue weighted by molar-refractivity contribution is -0.923. The summed E-state index contributed by atoms with van der Waals surface area (Å²) < 4.78 is 1.31. The van der Waals surface area contributed by atoms with E-state index in [1.165, 1.54) is 108 Å². The van der Waals surface area contributed by atoms with Crippen LogP contribution in [-0.2, 0) is 4.79 Å². The normalized spacial score (nSPS) is 11.8. The highest BCUT2D eigenvalue weighted by atomic mass is 16.4. The smallest absolute Gasteiger partial charge is 0.303 e. The summed E-state index contributed by atoms with van der Waals surface area (Å²) in [5.41, 5.74) is 0. The van der Waals surface area contributed by atoms with Crippen molar-refractivity contribution in [3.63, 3.8) is 0 Å². The van der Waals surface area contributed by atoms with Crippen LogP contribution in [-0.4, -0.2) is 41.7 Å². The van der Waals surface area contributed by atoms with Crippen molar-refractivity contribution in [1.29, 1.82) is 0 Å². The fourth-order valence-electron chi connectivity index (χ4n) is 3.99. The summed E-state index contributed by atoms with van der Waals surface area (Å²) >= 11 is 0. The van der Waals surface area contributed by atoms with Gasteiger partial charge in [-0.3, -0.25) is 4.79 Å². The first kappa shape index (κ1) is 25.4. The highest BCUT2D eigenvalue weighted by molar-refractivity contribution is 5.66. The number of carbonyl (C=O) groups is 1. The van der Waals surface area contributed by atoms with Gasteiger partial charge in [0, 0.05) is 6.42 Å². The fourth-order valence-corrected chi connectivity index (χ4v) is 3.99. The Kier molecular flexibility index (Phi) is 17.4. The lowest BCUT2D eigenvalue weighted by Gasteiger charge is -2.35. The van der Waals surface area contributed by atoms with E-state index in [4.69, 9.17) is 5.11 Å². The number of nitrogens with zero attached hydrogens (tertiary/aromatic N) is 1. The summed E-state index contributed by atoms with van der Waals surface area (Å²) in [7, 11) is 0. The van der Waals surface area contributed by atoms with E-state index in [1.807, 2.05) is 0 Å². The Balaban J connectivity index is 3.23. The lowest BCUT2D eigenvalue weighted by atomic mass is 10.0. The molecule has 0 aromatic carbocycles.